The summed E-state index contributed by atoms with van der Waals surface area (Å²) in [6, 6.07) is 3.72. The first kappa shape index (κ1) is 13.3. The van der Waals surface area contributed by atoms with E-state index in [1.165, 1.54) is 26.0 Å². The normalized spacial score (nSPS) is 13.2. The fourth-order valence-corrected chi connectivity index (χ4v) is 1.64. The Labute approximate surface area is 96.4 Å². The summed E-state index contributed by atoms with van der Waals surface area (Å²) in [6.45, 7) is 2.80. The number of benzene rings is 1. The van der Waals surface area contributed by atoms with Gasteiger partial charge in [0.25, 0.3) is 0 Å². The number of rotatable bonds is 2. The van der Waals surface area contributed by atoms with Crippen LogP contribution in [0.1, 0.15) is 29.7 Å². The van der Waals surface area contributed by atoms with E-state index >= 15 is 0 Å². The number of ether oxygens (including phenoxy) is 1. The maximum atomic E-state index is 12.6. The number of primary amides is 1. The topological polar surface area (TPSA) is 52.3 Å². The molecule has 0 aromatic heterocycles. The summed E-state index contributed by atoms with van der Waals surface area (Å²) in [5, 5.41) is 0. The van der Waals surface area contributed by atoms with Gasteiger partial charge in [0.15, 0.2) is 0 Å². The molecule has 0 heterocycles. The molecule has 2 N–H and O–H groups in total. The SMILES string of the molecule is Cc1c([C@@H](C)OC(N)=O)cccc1C(F)(F)F. The van der Waals surface area contributed by atoms with Crippen molar-refractivity contribution in [2.75, 3.05) is 0 Å². The van der Waals surface area contributed by atoms with Crippen molar-refractivity contribution in [2.45, 2.75) is 26.1 Å². The molecule has 0 aliphatic carbocycles. The molecule has 3 nitrogen and oxygen atoms in total. The first-order valence-electron chi connectivity index (χ1n) is 4.86. The van der Waals surface area contributed by atoms with Crippen LogP contribution in [-0.4, -0.2) is 6.09 Å². The smallest absolute Gasteiger partial charge is 0.416 e. The average Bonchev–Trinajstić information content (AvgIpc) is 2.14. The molecule has 1 aromatic rings. The van der Waals surface area contributed by atoms with Crippen LogP contribution < -0.4 is 5.73 Å². The summed E-state index contributed by atoms with van der Waals surface area (Å²) in [4.78, 5) is 10.6. The molecular formula is C11H12F3NO2. The number of carbonyl (C=O) groups is 1. The Kier molecular flexibility index (Phi) is 3.65. The van der Waals surface area contributed by atoms with Crippen molar-refractivity contribution in [3.63, 3.8) is 0 Å². The monoisotopic (exact) mass is 247 g/mol. The van der Waals surface area contributed by atoms with Gasteiger partial charge in [0.05, 0.1) is 5.56 Å². The maximum absolute atomic E-state index is 12.6. The fourth-order valence-electron chi connectivity index (χ4n) is 1.64. The number of alkyl halides is 3. The molecule has 94 valence electrons. The molecule has 0 spiro atoms. The minimum absolute atomic E-state index is 0.0359. The van der Waals surface area contributed by atoms with Crippen molar-refractivity contribution in [3.8, 4) is 0 Å². The average molecular weight is 247 g/mol. The Morgan fingerprint density at radius 1 is 1.41 bits per heavy atom. The van der Waals surface area contributed by atoms with Crippen molar-refractivity contribution in [2.24, 2.45) is 5.73 Å². The summed E-state index contributed by atoms with van der Waals surface area (Å²) in [6.07, 6.45) is -6.25. The third-order valence-corrected chi connectivity index (χ3v) is 2.41. The number of amides is 1. The van der Waals surface area contributed by atoms with Crippen LogP contribution in [0.3, 0.4) is 0 Å². The molecular weight excluding hydrogens is 235 g/mol. The van der Waals surface area contributed by atoms with Crippen LogP contribution >= 0.6 is 0 Å². The van der Waals surface area contributed by atoms with Crippen molar-refractivity contribution in [3.05, 3.63) is 34.9 Å². The highest BCUT2D eigenvalue weighted by Crippen LogP contribution is 2.34. The molecule has 1 aromatic carbocycles. The third-order valence-electron chi connectivity index (χ3n) is 2.41. The molecule has 0 aliphatic rings. The van der Waals surface area contributed by atoms with Crippen LogP contribution in [0.25, 0.3) is 0 Å². The van der Waals surface area contributed by atoms with E-state index in [4.69, 9.17) is 5.73 Å². The Hall–Kier alpha value is -1.72. The Morgan fingerprint density at radius 2 is 2.00 bits per heavy atom. The van der Waals surface area contributed by atoms with Gasteiger partial charge in [-0.25, -0.2) is 4.79 Å². The fraction of sp³-hybridized carbons (Fsp3) is 0.364. The summed E-state index contributed by atoms with van der Waals surface area (Å²) < 4.78 is 42.5. The van der Waals surface area contributed by atoms with Crippen molar-refractivity contribution in [1.82, 2.24) is 0 Å². The van der Waals surface area contributed by atoms with Gasteiger partial charge in [0.2, 0.25) is 0 Å². The van der Waals surface area contributed by atoms with E-state index in [1.54, 1.807) is 0 Å². The number of carbonyl (C=O) groups excluding carboxylic acids is 1. The number of hydrogen-bond donors (Lipinski definition) is 1. The van der Waals surface area contributed by atoms with E-state index in [9.17, 15) is 18.0 Å². The highest BCUT2D eigenvalue weighted by Gasteiger charge is 2.33. The molecule has 0 unspecified atom stereocenters. The Morgan fingerprint density at radius 3 is 2.47 bits per heavy atom. The molecule has 17 heavy (non-hydrogen) atoms. The lowest BCUT2D eigenvalue weighted by Gasteiger charge is -2.18. The largest absolute Gasteiger partial charge is 0.442 e. The van der Waals surface area contributed by atoms with E-state index in [0.29, 0.717) is 5.56 Å². The number of halogens is 3. The second-order valence-corrected chi connectivity index (χ2v) is 3.60. The summed E-state index contributed by atoms with van der Waals surface area (Å²) in [5.74, 6) is 0. The second-order valence-electron chi connectivity index (χ2n) is 3.60. The van der Waals surface area contributed by atoms with Gasteiger partial charge >= 0.3 is 12.3 Å². The molecule has 1 rings (SSSR count). The minimum atomic E-state index is -4.42. The Bertz CT molecular complexity index is 429. The lowest BCUT2D eigenvalue weighted by molar-refractivity contribution is -0.138. The molecule has 0 saturated heterocycles. The quantitative estimate of drug-likeness (QED) is 0.872. The van der Waals surface area contributed by atoms with E-state index in [2.05, 4.69) is 4.74 Å². The summed E-state index contributed by atoms with van der Waals surface area (Å²) in [7, 11) is 0. The number of hydrogen-bond acceptors (Lipinski definition) is 2. The zero-order valence-corrected chi connectivity index (χ0v) is 9.34. The van der Waals surface area contributed by atoms with Gasteiger partial charge in [-0.05, 0) is 31.0 Å². The van der Waals surface area contributed by atoms with Gasteiger partial charge < -0.3 is 10.5 Å². The van der Waals surface area contributed by atoms with Crippen molar-refractivity contribution in [1.29, 1.82) is 0 Å². The number of nitrogens with two attached hydrogens (primary N) is 1. The first-order valence-corrected chi connectivity index (χ1v) is 4.86. The van der Waals surface area contributed by atoms with E-state index < -0.39 is 23.9 Å². The molecule has 0 saturated carbocycles. The molecule has 1 atom stereocenters. The second kappa shape index (κ2) is 4.65. The molecule has 6 heteroatoms. The molecule has 0 fully saturated rings. The standard InChI is InChI=1S/C11H12F3NO2/c1-6-8(7(2)17-10(15)16)4-3-5-9(6)11(12,13)14/h3-5,7H,1-2H3,(H2,15,16)/t7-/m1/s1. The van der Waals surface area contributed by atoms with Crippen LogP contribution in [0.4, 0.5) is 18.0 Å². The lowest BCUT2D eigenvalue weighted by Crippen LogP contribution is -2.17. The predicted octanol–water partition coefficient (Wildman–Crippen LogP) is 3.17. The lowest BCUT2D eigenvalue weighted by atomic mass is 9.99. The van der Waals surface area contributed by atoms with Gasteiger partial charge in [-0.3, -0.25) is 0 Å². The van der Waals surface area contributed by atoms with E-state index in [0.717, 1.165) is 6.07 Å². The van der Waals surface area contributed by atoms with Crippen LogP contribution in [0.2, 0.25) is 0 Å². The minimum Gasteiger partial charge on any atom is -0.442 e. The first-order chi connectivity index (χ1) is 7.73. The van der Waals surface area contributed by atoms with Crippen LogP contribution in [0.15, 0.2) is 18.2 Å². The van der Waals surface area contributed by atoms with Gasteiger partial charge in [-0.2, -0.15) is 13.2 Å². The van der Waals surface area contributed by atoms with Crippen LogP contribution in [0.5, 0.6) is 0 Å². The zero-order valence-electron chi connectivity index (χ0n) is 9.34. The van der Waals surface area contributed by atoms with Gasteiger partial charge in [0.1, 0.15) is 6.10 Å². The molecule has 1 amide bonds. The highest BCUT2D eigenvalue weighted by molar-refractivity contribution is 5.65. The van der Waals surface area contributed by atoms with E-state index in [1.807, 2.05) is 0 Å². The van der Waals surface area contributed by atoms with Crippen LogP contribution in [-0.2, 0) is 10.9 Å². The molecule has 0 bridgehead atoms. The maximum Gasteiger partial charge on any atom is 0.416 e. The van der Waals surface area contributed by atoms with E-state index in [-0.39, 0.29) is 5.56 Å². The third kappa shape index (κ3) is 3.12. The summed E-state index contributed by atoms with van der Waals surface area (Å²) in [5.41, 5.74) is 4.41. The predicted molar refractivity (Wildman–Crippen MR) is 55.3 cm³/mol. The zero-order chi connectivity index (χ0) is 13.2. The van der Waals surface area contributed by atoms with Crippen LogP contribution in [0, 0.1) is 6.92 Å². The summed E-state index contributed by atoms with van der Waals surface area (Å²) >= 11 is 0. The van der Waals surface area contributed by atoms with Crippen molar-refractivity contribution >= 4 is 6.09 Å². The Balaban J connectivity index is 3.15. The molecule has 0 radical (unpaired) electrons. The van der Waals surface area contributed by atoms with Gasteiger partial charge in [-0.1, -0.05) is 12.1 Å². The van der Waals surface area contributed by atoms with Gasteiger partial charge in [-0.15, -0.1) is 0 Å². The molecule has 0 aliphatic heterocycles. The van der Waals surface area contributed by atoms with Gasteiger partial charge in [0, 0.05) is 0 Å². The highest BCUT2D eigenvalue weighted by atomic mass is 19.4. The van der Waals surface area contributed by atoms with Crippen molar-refractivity contribution < 1.29 is 22.7 Å².